The van der Waals surface area contributed by atoms with E-state index >= 15 is 0 Å². The summed E-state index contributed by atoms with van der Waals surface area (Å²) in [6.07, 6.45) is 1.44. The van der Waals surface area contributed by atoms with Gasteiger partial charge in [-0.3, -0.25) is 9.59 Å². The van der Waals surface area contributed by atoms with Gasteiger partial charge in [0.2, 0.25) is 5.91 Å². The number of benzene rings is 2. The van der Waals surface area contributed by atoms with Crippen molar-refractivity contribution in [1.82, 2.24) is 4.90 Å². The zero-order chi connectivity index (χ0) is 20.1. The molecule has 2 aromatic rings. The summed E-state index contributed by atoms with van der Waals surface area (Å²) in [5.74, 6) is -0.183. The van der Waals surface area contributed by atoms with E-state index in [1.54, 1.807) is 48.5 Å². The molecule has 1 atom stereocenters. The van der Waals surface area contributed by atoms with Gasteiger partial charge in [0.25, 0.3) is 5.91 Å². The summed E-state index contributed by atoms with van der Waals surface area (Å²) < 4.78 is 5.10. The number of imide groups is 1. The van der Waals surface area contributed by atoms with Crippen molar-refractivity contribution < 1.29 is 19.1 Å². The van der Waals surface area contributed by atoms with Gasteiger partial charge in [0.1, 0.15) is 11.8 Å². The third-order valence-corrected chi connectivity index (χ3v) is 4.44. The third-order valence-electron chi connectivity index (χ3n) is 4.44. The molecule has 0 radical (unpaired) electrons. The maximum Gasteiger partial charge on any atom is 0.322 e. The molecule has 4 amide bonds. The Bertz CT molecular complexity index is 880. The van der Waals surface area contributed by atoms with Crippen LogP contribution in [0.15, 0.2) is 67.3 Å². The summed E-state index contributed by atoms with van der Waals surface area (Å²) >= 11 is 0. The van der Waals surface area contributed by atoms with Gasteiger partial charge in [-0.25, -0.2) is 9.69 Å². The smallest absolute Gasteiger partial charge is 0.322 e. The van der Waals surface area contributed by atoms with E-state index in [9.17, 15) is 14.4 Å². The molecule has 144 valence electrons. The number of anilines is 2. The summed E-state index contributed by atoms with van der Waals surface area (Å²) in [5.41, 5.74) is 1.05. The molecule has 7 nitrogen and oxygen atoms in total. The fourth-order valence-electron chi connectivity index (χ4n) is 3.07. The Hall–Kier alpha value is -3.61. The van der Waals surface area contributed by atoms with E-state index in [4.69, 9.17) is 4.74 Å². The second-order valence-electron chi connectivity index (χ2n) is 6.22. The number of urea groups is 1. The molecule has 7 heteroatoms. The fraction of sp³-hybridized carbons (Fsp3) is 0.190. The molecule has 1 fully saturated rings. The van der Waals surface area contributed by atoms with Crippen LogP contribution in [-0.2, 0) is 9.59 Å². The lowest BCUT2D eigenvalue weighted by Crippen LogP contribution is -2.47. The van der Waals surface area contributed by atoms with Gasteiger partial charge in [0.05, 0.1) is 19.2 Å². The van der Waals surface area contributed by atoms with Gasteiger partial charge in [-0.15, -0.1) is 6.58 Å². The first-order valence-electron chi connectivity index (χ1n) is 8.79. The molecular formula is C21H21N3O4. The molecule has 1 aliphatic rings. The van der Waals surface area contributed by atoms with Gasteiger partial charge in [-0.05, 0) is 36.4 Å². The molecule has 3 rings (SSSR count). The number of hydrogen-bond donors (Lipinski definition) is 1. The van der Waals surface area contributed by atoms with Crippen LogP contribution in [0.3, 0.4) is 0 Å². The summed E-state index contributed by atoms with van der Waals surface area (Å²) in [6, 6.07) is 14.2. The van der Waals surface area contributed by atoms with Gasteiger partial charge < -0.3 is 15.0 Å². The summed E-state index contributed by atoms with van der Waals surface area (Å²) in [7, 11) is 1.54. The number of nitrogens with zero attached hydrogens (tertiary/aromatic N) is 2. The molecule has 28 heavy (non-hydrogen) atoms. The predicted octanol–water partition coefficient (Wildman–Crippen LogP) is 3.05. The van der Waals surface area contributed by atoms with Crippen molar-refractivity contribution in [2.75, 3.05) is 23.9 Å². The molecule has 0 aromatic heterocycles. The van der Waals surface area contributed by atoms with Crippen LogP contribution in [0.5, 0.6) is 5.75 Å². The average molecular weight is 379 g/mol. The number of carbonyl (C=O) groups excluding carboxylic acids is 3. The second kappa shape index (κ2) is 8.39. The summed E-state index contributed by atoms with van der Waals surface area (Å²) in [5, 5.41) is 2.75. The molecule has 1 aliphatic heterocycles. The molecule has 1 heterocycles. The first-order valence-corrected chi connectivity index (χ1v) is 8.79. The molecule has 2 aromatic carbocycles. The minimum atomic E-state index is -0.892. The number of amides is 4. The Morgan fingerprint density at radius 3 is 2.50 bits per heavy atom. The summed E-state index contributed by atoms with van der Waals surface area (Å²) in [4.78, 5) is 40.7. The van der Waals surface area contributed by atoms with Gasteiger partial charge >= 0.3 is 6.03 Å². The number of hydrogen-bond acceptors (Lipinski definition) is 4. The van der Waals surface area contributed by atoms with E-state index in [0.29, 0.717) is 17.1 Å². The predicted molar refractivity (Wildman–Crippen MR) is 106 cm³/mol. The Balaban J connectivity index is 1.81. The van der Waals surface area contributed by atoms with Gasteiger partial charge in [0.15, 0.2) is 0 Å². The fourth-order valence-corrected chi connectivity index (χ4v) is 3.07. The van der Waals surface area contributed by atoms with Crippen molar-refractivity contribution in [2.24, 2.45) is 0 Å². The monoisotopic (exact) mass is 379 g/mol. The summed E-state index contributed by atoms with van der Waals surface area (Å²) in [6.45, 7) is 3.79. The molecule has 1 saturated heterocycles. The first kappa shape index (κ1) is 19.2. The number of ether oxygens (including phenoxy) is 1. The topological polar surface area (TPSA) is 79.0 Å². The quantitative estimate of drug-likeness (QED) is 0.618. The highest BCUT2D eigenvalue weighted by molar-refractivity contribution is 6.23. The SMILES string of the molecule is C=CCN(C(=O)Nc1ccccc1)[C@H]1CC(=O)N(c2ccc(OC)cc2)C1=O. The highest BCUT2D eigenvalue weighted by Gasteiger charge is 2.44. The minimum absolute atomic E-state index is 0.0824. The highest BCUT2D eigenvalue weighted by Crippen LogP contribution is 2.27. The van der Waals surface area contributed by atoms with Crippen molar-refractivity contribution in [3.63, 3.8) is 0 Å². The molecule has 0 unspecified atom stereocenters. The van der Waals surface area contributed by atoms with Gasteiger partial charge in [-0.2, -0.15) is 0 Å². The van der Waals surface area contributed by atoms with E-state index in [-0.39, 0.29) is 18.9 Å². The van der Waals surface area contributed by atoms with E-state index in [1.807, 2.05) is 6.07 Å². The number of rotatable bonds is 6. The van der Waals surface area contributed by atoms with Crippen LogP contribution in [0, 0.1) is 0 Å². The van der Waals surface area contributed by atoms with Crippen LogP contribution in [0.1, 0.15) is 6.42 Å². The number of para-hydroxylation sites is 1. The average Bonchev–Trinajstić information content (AvgIpc) is 3.00. The van der Waals surface area contributed by atoms with Crippen molar-refractivity contribution >= 4 is 29.2 Å². The largest absolute Gasteiger partial charge is 0.497 e. The van der Waals surface area contributed by atoms with Crippen molar-refractivity contribution in [2.45, 2.75) is 12.5 Å². The van der Waals surface area contributed by atoms with E-state index in [2.05, 4.69) is 11.9 Å². The van der Waals surface area contributed by atoms with Crippen LogP contribution in [-0.4, -0.2) is 42.4 Å². The van der Waals surface area contributed by atoms with Crippen molar-refractivity contribution in [3.8, 4) is 5.75 Å². The maximum atomic E-state index is 13.0. The van der Waals surface area contributed by atoms with Crippen LogP contribution in [0.25, 0.3) is 0 Å². The van der Waals surface area contributed by atoms with Crippen LogP contribution in [0.4, 0.5) is 16.2 Å². The zero-order valence-corrected chi connectivity index (χ0v) is 15.5. The molecule has 0 aliphatic carbocycles. The zero-order valence-electron chi connectivity index (χ0n) is 15.5. The van der Waals surface area contributed by atoms with Gasteiger partial charge in [-0.1, -0.05) is 24.3 Å². The van der Waals surface area contributed by atoms with Gasteiger partial charge in [0, 0.05) is 12.2 Å². The highest BCUT2D eigenvalue weighted by atomic mass is 16.5. The Kier molecular flexibility index (Phi) is 5.74. The lowest BCUT2D eigenvalue weighted by atomic mass is 10.2. The Labute approximate surface area is 163 Å². The Morgan fingerprint density at radius 2 is 1.89 bits per heavy atom. The van der Waals surface area contributed by atoms with E-state index in [1.165, 1.54) is 18.1 Å². The molecular weight excluding hydrogens is 358 g/mol. The standard InChI is InChI=1S/C21H21N3O4/c1-3-13-23(21(27)22-15-7-5-4-6-8-15)18-14-19(25)24(20(18)26)16-9-11-17(28-2)12-10-16/h3-12,18H,1,13-14H2,2H3,(H,22,27)/t18-/m0/s1. The Morgan fingerprint density at radius 1 is 1.21 bits per heavy atom. The number of nitrogens with one attached hydrogen (secondary N) is 1. The second-order valence-corrected chi connectivity index (χ2v) is 6.22. The van der Waals surface area contributed by atoms with E-state index in [0.717, 1.165) is 4.90 Å². The molecule has 0 saturated carbocycles. The van der Waals surface area contributed by atoms with Crippen molar-refractivity contribution in [1.29, 1.82) is 0 Å². The van der Waals surface area contributed by atoms with Crippen molar-refractivity contribution in [3.05, 3.63) is 67.3 Å². The maximum absolute atomic E-state index is 13.0. The lowest BCUT2D eigenvalue weighted by molar-refractivity contribution is -0.122. The molecule has 0 bridgehead atoms. The lowest BCUT2D eigenvalue weighted by Gasteiger charge is -2.26. The minimum Gasteiger partial charge on any atom is -0.497 e. The molecule has 1 N–H and O–H groups in total. The first-order chi connectivity index (χ1) is 13.5. The third kappa shape index (κ3) is 3.88. The normalized spacial score (nSPS) is 16.0. The van der Waals surface area contributed by atoms with E-state index < -0.39 is 18.0 Å². The van der Waals surface area contributed by atoms with Crippen LogP contribution >= 0.6 is 0 Å². The molecule has 0 spiro atoms. The van der Waals surface area contributed by atoms with Crippen LogP contribution < -0.4 is 15.0 Å². The van der Waals surface area contributed by atoms with Crippen LogP contribution in [0.2, 0.25) is 0 Å². The number of carbonyl (C=O) groups is 3. The number of methoxy groups -OCH3 is 1.